The molecule has 0 saturated heterocycles. The van der Waals surface area contributed by atoms with Gasteiger partial charge in [0, 0.05) is 0 Å². The maximum Gasteiger partial charge on any atom is 0.137 e. The van der Waals surface area contributed by atoms with Crippen molar-refractivity contribution in [1.29, 1.82) is 0 Å². The number of ether oxygens (including phenoxy) is 1. The molecule has 3 heteroatoms. The van der Waals surface area contributed by atoms with Crippen LogP contribution in [0.2, 0.25) is 0 Å². The summed E-state index contributed by atoms with van der Waals surface area (Å²) in [5.74, 6) is 0.836. The Balaban J connectivity index is 2.69. The lowest BCUT2D eigenvalue weighted by Crippen LogP contribution is -1.91. The molecule has 10 heavy (non-hydrogen) atoms. The highest BCUT2D eigenvalue weighted by Crippen LogP contribution is 2.09. The fourth-order valence-electron chi connectivity index (χ4n) is 0.614. The molecule has 0 aliphatic carbocycles. The first-order valence-electron chi connectivity index (χ1n) is 3.07. The van der Waals surface area contributed by atoms with Crippen LogP contribution in [0, 0.1) is 3.70 Å². The van der Waals surface area contributed by atoms with Crippen LogP contribution in [0.3, 0.4) is 0 Å². The summed E-state index contributed by atoms with van der Waals surface area (Å²) in [5.41, 5.74) is 0. The minimum atomic E-state index is 0.697. The van der Waals surface area contributed by atoms with Crippen LogP contribution in [0.25, 0.3) is 0 Å². The second kappa shape index (κ2) is 3.75. The summed E-state index contributed by atoms with van der Waals surface area (Å²) in [6, 6.07) is 3.84. The minimum absolute atomic E-state index is 0.697. The Morgan fingerprint density at radius 1 is 1.60 bits per heavy atom. The molecule has 0 fully saturated rings. The van der Waals surface area contributed by atoms with Crippen LogP contribution in [0.4, 0.5) is 0 Å². The normalized spacial score (nSPS) is 9.40. The monoisotopic (exact) mass is 249 g/mol. The Hall–Kier alpha value is -0.320. The Labute approximate surface area is 73.8 Å². The van der Waals surface area contributed by atoms with Gasteiger partial charge in [0.2, 0.25) is 0 Å². The molecule has 1 aromatic rings. The molecule has 0 amide bonds. The smallest absolute Gasteiger partial charge is 0.137 e. The van der Waals surface area contributed by atoms with E-state index in [1.165, 1.54) is 0 Å². The number of hydrogen-bond donors (Lipinski definition) is 0. The van der Waals surface area contributed by atoms with Gasteiger partial charge < -0.3 is 4.74 Å². The maximum atomic E-state index is 5.20. The van der Waals surface area contributed by atoms with Gasteiger partial charge in [-0.15, -0.1) is 0 Å². The van der Waals surface area contributed by atoms with E-state index in [0.717, 1.165) is 9.45 Å². The molecular weight excluding hydrogens is 241 g/mol. The number of aromatic nitrogens is 1. The van der Waals surface area contributed by atoms with Gasteiger partial charge in [0.25, 0.3) is 0 Å². The maximum absolute atomic E-state index is 5.20. The van der Waals surface area contributed by atoms with Crippen LogP contribution in [0.15, 0.2) is 18.3 Å². The first-order chi connectivity index (χ1) is 4.83. The molecule has 1 rings (SSSR count). The van der Waals surface area contributed by atoms with E-state index in [0.29, 0.717) is 6.61 Å². The van der Waals surface area contributed by atoms with Gasteiger partial charge in [-0.05, 0) is 41.6 Å². The first kappa shape index (κ1) is 7.78. The van der Waals surface area contributed by atoms with Gasteiger partial charge >= 0.3 is 0 Å². The molecule has 1 aromatic heterocycles. The van der Waals surface area contributed by atoms with Gasteiger partial charge in [-0.1, -0.05) is 0 Å². The van der Waals surface area contributed by atoms with Crippen molar-refractivity contribution < 1.29 is 4.74 Å². The van der Waals surface area contributed by atoms with Gasteiger partial charge in [0.05, 0.1) is 12.8 Å². The molecule has 0 bridgehead atoms. The fraction of sp³-hybridized carbons (Fsp3) is 0.286. The third kappa shape index (κ3) is 2.13. The Morgan fingerprint density at radius 3 is 2.90 bits per heavy atom. The van der Waals surface area contributed by atoms with Crippen molar-refractivity contribution in [3.05, 3.63) is 22.0 Å². The lowest BCUT2D eigenvalue weighted by atomic mass is 10.5. The summed E-state index contributed by atoms with van der Waals surface area (Å²) >= 11 is 2.16. The van der Waals surface area contributed by atoms with Crippen LogP contribution < -0.4 is 4.74 Å². The molecule has 0 radical (unpaired) electrons. The average molecular weight is 249 g/mol. The predicted molar refractivity (Wildman–Crippen MR) is 48.1 cm³/mol. The third-order valence-corrected chi connectivity index (χ3v) is 1.65. The highest BCUT2D eigenvalue weighted by molar-refractivity contribution is 14.1. The molecule has 0 unspecified atom stereocenters. The zero-order chi connectivity index (χ0) is 7.40. The summed E-state index contributed by atoms with van der Waals surface area (Å²) in [6.45, 7) is 2.65. The number of pyridine rings is 1. The van der Waals surface area contributed by atoms with Crippen LogP contribution in [-0.2, 0) is 0 Å². The van der Waals surface area contributed by atoms with Crippen molar-refractivity contribution in [2.45, 2.75) is 6.92 Å². The molecular formula is C7H8INO. The topological polar surface area (TPSA) is 22.1 Å². The SMILES string of the molecule is CCOc1ccc(I)nc1. The largest absolute Gasteiger partial charge is 0.492 e. The van der Waals surface area contributed by atoms with E-state index < -0.39 is 0 Å². The molecule has 1 heterocycles. The zero-order valence-corrected chi connectivity index (χ0v) is 7.83. The molecule has 0 atom stereocenters. The molecule has 0 spiro atoms. The second-order valence-corrected chi connectivity index (χ2v) is 2.85. The van der Waals surface area contributed by atoms with Crippen LogP contribution >= 0.6 is 22.6 Å². The Kier molecular flexibility index (Phi) is 2.92. The molecule has 0 saturated carbocycles. The molecule has 0 aromatic carbocycles. The predicted octanol–water partition coefficient (Wildman–Crippen LogP) is 2.08. The summed E-state index contributed by atoms with van der Waals surface area (Å²) < 4.78 is 6.18. The van der Waals surface area contributed by atoms with Gasteiger partial charge in [-0.2, -0.15) is 0 Å². The summed E-state index contributed by atoms with van der Waals surface area (Å²) in [7, 11) is 0. The molecule has 0 aliphatic heterocycles. The van der Waals surface area contributed by atoms with E-state index in [4.69, 9.17) is 4.74 Å². The fourth-order valence-corrected chi connectivity index (χ4v) is 0.933. The highest BCUT2D eigenvalue weighted by atomic mass is 127. The second-order valence-electron chi connectivity index (χ2n) is 1.75. The molecule has 54 valence electrons. The van der Waals surface area contributed by atoms with E-state index in [9.17, 15) is 0 Å². The van der Waals surface area contributed by atoms with Crippen LogP contribution in [-0.4, -0.2) is 11.6 Å². The summed E-state index contributed by atoms with van der Waals surface area (Å²) in [4.78, 5) is 4.06. The quantitative estimate of drug-likeness (QED) is 0.591. The van der Waals surface area contributed by atoms with Gasteiger partial charge in [-0.3, -0.25) is 0 Å². The third-order valence-electron chi connectivity index (χ3n) is 1.01. The van der Waals surface area contributed by atoms with Crippen molar-refractivity contribution in [2.24, 2.45) is 0 Å². The molecule has 0 N–H and O–H groups in total. The van der Waals surface area contributed by atoms with E-state index in [2.05, 4.69) is 27.6 Å². The Morgan fingerprint density at radius 2 is 2.40 bits per heavy atom. The van der Waals surface area contributed by atoms with E-state index in [1.807, 2.05) is 19.1 Å². The zero-order valence-electron chi connectivity index (χ0n) is 5.67. The number of rotatable bonds is 2. The van der Waals surface area contributed by atoms with Crippen molar-refractivity contribution in [2.75, 3.05) is 6.61 Å². The minimum Gasteiger partial charge on any atom is -0.492 e. The van der Waals surface area contributed by atoms with Gasteiger partial charge in [-0.25, -0.2) is 4.98 Å². The van der Waals surface area contributed by atoms with E-state index in [1.54, 1.807) is 6.20 Å². The van der Waals surface area contributed by atoms with Crippen molar-refractivity contribution >= 4 is 22.6 Å². The average Bonchev–Trinajstić information content (AvgIpc) is 1.95. The first-order valence-corrected chi connectivity index (χ1v) is 4.15. The summed E-state index contributed by atoms with van der Waals surface area (Å²) in [6.07, 6.45) is 1.73. The number of hydrogen-bond acceptors (Lipinski definition) is 2. The van der Waals surface area contributed by atoms with E-state index in [-0.39, 0.29) is 0 Å². The standard InChI is InChI=1S/C7H8INO/c1-2-10-6-3-4-7(8)9-5-6/h3-5H,2H2,1H3. The van der Waals surface area contributed by atoms with Gasteiger partial charge in [0.15, 0.2) is 0 Å². The van der Waals surface area contributed by atoms with Gasteiger partial charge in [0.1, 0.15) is 9.45 Å². The van der Waals surface area contributed by atoms with Crippen molar-refractivity contribution in [3.8, 4) is 5.75 Å². The van der Waals surface area contributed by atoms with Crippen molar-refractivity contribution in [3.63, 3.8) is 0 Å². The Bertz CT molecular complexity index is 197. The molecule has 0 aliphatic rings. The van der Waals surface area contributed by atoms with Crippen LogP contribution in [0.5, 0.6) is 5.75 Å². The van der Waals surface area contributed by atoms with E-state index >= 15 is 0 Å². The lowest BCUT2D eigenvalue weighted by Gasteiger charge is -1.99. The molecule has 2 nitrogen and oxygen atoms in total. The number of nitrogens with zero attached hydrogens (tertiary/aromatic N) is 1. The number of halogens is 1. The highest BCUT2D eigenvalue weighted by Gasteiger charge is 1.90. The lowest BCUT2D eigenvalue weighted by molar-refractivity contribution is 0.338. The van der Waals surface area contributed by atoms with Crippen LogP contribution in [0.1, 0.15) is 6.92 Å². The van der Waals surface area contributed by atoms with Crippen molar-refractivity contribution in [1.82, 2.24) is 4.98 Å². The summed E-state index contributed by atoms with van der Waals surface area (Å²) in [5, 5.41) is 0.